The first-order chi connectivity index (χ1) is 9.52. The number of rotatable bonds is 5. The number of amides is 1. The molecule has 1 amide bonds. The van der Waals surface area contributed by atoms with Gasteiger partial charge < -0.3 is 16.2 Å². The first-order valence-electron chi connectivity index (χ1n) is 6.48. The molecule has 2 unspecified atom stereocenters. The minimum atomic E-state index is -0.708. The van der Waals surface area contributed by atoms with E-state index in [0.717, 1.165) is 25.3 Å². The lowest BCUT2D eigenvalue weighted by Gasteiger charge is -2.19. The van der Waals surface area contributed by atoms with Crippen molar-refractivity contribution in [1.29, 1.82) is 0 Å². The van der Waals surface area contributed by atoms with Crippen LogP contribution in [-0.4, -0.2) is 23.5 Å². The van der Waals surface area contributed by atoms with Crippen LogP contribution in [-0.2, 0) is 0 Å². The maximum absolute atomic E-state index is 11.1. The Labute approximate surface area is 116 Å². The predicted molar refractivity (Wildman–Crippen MR) is 72.4 cm³/mol. The van der Waals surface area contributed by atoms with E-state index in [0.29, 0.717) is 6.54 Å². The van der Waals surface area contributed by atoms with Crippen LogP contribution in [0.3, 0.4) is 0 Å². The van der Waals surface area contributed by atoms with E-state index in [1.54, 1.807) is 0 Å². The number of primary amides is 1. The molecule has 2 rings (SSSR count). The third-order valence-corrected chi connectivity index (χ3v) is 3.61. The lowest BCUT2D eigenvalue weighted by Crippen LogP contribution is -2.27. The number of nitro benzene ring substituents is 1. The molecular formula is C13H17N3O4. The van der Waals surface area contributed by atoms with Gasteiger partial charge >= 0.3 is 5.69 Å². The molecule has 2 atom stereocenters. The molecule has 1 fully saturated rings. The van der Waals surface area contributed by atoms with E-state index in [1.165, 1.54) is 12.1 Å². The molecule has 1 aromatic carbocycles. The number of hydrogen-bond acceptors (Lipinski definition) is 5. The van der Waals surface area contributed by atoms with Gasteiger partial charge in [-0.15, -0.1) is 0 Å². The van der Waals surface area contributed by atoms with Crippen LogP contribution in [0.2, 0.25) is 0 Å². The highest BCUT2D eigenvalue weighted by Crippen LogP contribution is 2.34. The Kier molecular flexibility index (Phi) is 4.19. The van der Waals surface area contributed by atoms with Crippen LogP contribution in [0, 0.1) is 16.0 Å². The molecule has 0 aromatic heterocycles. The number of carbonyl (C=O) groups excluding carboxylic acids is 1. The van der Waals surface area contributed by atoms with E-state index >= 15 is 0 Å². The Morgan fingerprint density at radius 3 is 2.80 bits per heavy atom. The van der Waals surface area contributed by atoms with E-state index in [1.807, 2.05) is 0 Å². The van der Waals surface area contributed by atoms with Crippen LogP contribution in [0.5, 0.6) is 5.75 Å². The summed E-state index contributed by atoms with van der Waals surface area (Å²) >= 11 is 0. The van der Waals surface area contributed by atoms with Gasteiger partial charge in [-0.25, -0.2) is 0 Å². The summed E-state index contributed by atoms with van der Waals surface area (Å²) in [5.74, 6) is -0.337. The fraction of sp³-hybridized carbons (Fsp3) is 0.462. The van der Waals surface area contributed by atoms with E-state index in [2.05, 4.69) is 0 Å². The normalized spacial score (nSPS) is 21.6. The van der Waals surface area contributed by atoms with Crippen molar-refractivity contribution in [3.8, 4) is 5.75 Å². The lowest BCUT2D eigenvalue weighted by molar-refractivity contribution is -0.386. The minimum Gasteiger partial charge on any atom is -0.483 e. The molecule has 7 heteroatoms. The summed E-state index contributed by atoms with van der Waals surface area (Å²) in [5, 5.41) is 11.1. The largest absolute Gasteiger partial charge is 0.483 e. The summed E-state index contributed by atoms with van der Waals surface area (Å²) in [6.45, 7) is 0.498. The van der Waals surface area contributed by atoms with Crippen molar-refractivity contribution < 1.29 is 14.5 Å². The Morgan fingerprint density at radius 1 is 1.45 bits per heavy atom. The Balaban J connectivity index is 2.27. The minimum absolute atomic E-state index is 0.0887. The number of nitrogens with two attached hydrogens (primary N) is 2. The van der Waals surface area contributed by atoms with Gasteiger partial charge in [0, 0.05) is 17.5 Å². The highest BCUT2D eigenvalue weighted by Gasteiger charge is 2.30. The molecule has 0 radical (unpaired) electrons. The van der Waals surface area contributed by atoms with Crippen LogP contribution < -0.4 is 16.2 Å². The van der Waals surface area contributed by atoms with Gasteiger partial charge in [-0.2, -0.15) is 0 Å². The van der Waals surface area contributed by atoms with Gasteiger partial charge in [-0.05, 0) is 37.9 Å². The topological polar surface area (TPSA) is 121 Å². The van der Waals surface area contributed by atoms with Crippen molar-refractivity contribution in [3.63, 3.8) is 0 Å². The average Bonchev–Trinajstić information content (AvgIpc) is 2.85. The zero-order valence-electron chi connectivity index (χ0n) is 11.0. The van der Waals surface area contributed by atoms with Crippen molar-refractivity contribution in [2.45, 2.75) is 25.4 Å². The standard InChI is InChI=1S/C13H17N3O4/c14-7-9-2-1-3-11(9)20-12-5-4-8(13(15)17)6-10(12)16(18)19/h4-6,9,11H,1-3,7,14H2,(H2,15,17). The van der Waals surface area contributed by atoms with Gasteiger partial charge in [0.15, 0.2) is 5.75 Å². The number of hydrogen-bond donors (Lipinski definition) is 2. The van der Waals surface area contributed by atoms with Crippen molar-refractivity contribution in [3.05, 3.63) is 33.9 Å². The van der Waals surface area contributed by atoms with Gasteiger partial charge in [0.2, 0.25) is 5.91 Å². The SMILES string of the molecule is NCC1CCCC1Oc1ccc(C(N)=O)cc1[N+](=O)[O-]. The van der Waals surface area contributed by atoms with E-state index in [9.17, 15) is 14.9 Å². The molecule has 1 aliphatic rings. The third-order valence-electron chi connectivity index (χ3n) is 3.61. The molecule has 108 valence electrons. The van der Waals surface area contributed by atoms with E-state index < -0.39 is 10.8 Å². The number of carbonyl (C=O) groups is 1. The maximum Gasteiger partial charge on any atom is 0.311 e. The molecule has 1 saturated carbocycles. The molecule has 20 heavy (non-hydrogen) atoms. The summed E-state index contributed by atoms with van der Waals surface area (Å²) in [6.07, 6.45) is 2.68. The molecule has 0 bridgehead atoms. The highest BCUT2D eigenvalue weighted by atomic mass is 16.6. The van der Waals surface area contributed by atoms with E-state index in [4.69, 9.17) is 16.2 Å². The fourth-order valence-corrected chi connectivity index (χ4v) is 2.50. The number of ether oxygens (including phenoxy) is 1. The molecule has 0 saturated heterocycles. The zero-order valence-corrected chi connectivity index (χ0v) is 11.0. The van der Waals surface area contributed by atoms with Crippen LogP contribution in [0.4, 0.5) is 5.69 Å². The summed E-state index contributed by atoms with van der Waals surface area (Å²) in [7, 11) is 0. The Hall–Kier alpha value is -2.15. The van der Waals surface area contributed by atoms with Crippen molar-refractivity contribution >= 4 is 11.6 Å². The van der Waals surface area contributed by atoms with Crippen LogP contribution in [0.1, 0.15) is 29.6 Å². The number of benzene rings is 1. The smallest absolute Gasteiger partial charge is 0.311 e. The molecule has 7 nitrogen and oxygen atoms in total. The summed E-state index contributed by atoms with van der Waals surface area (Å²) < 4.78 is 5.73. The monoisotopic (exact) mass is 279 g/mol. The molecule has 0 spiro atoms. The summed E-state index contributed by atoms with van der Waals surface area (Å²) in [6, 6.07) is 3.99. The second kappa shape index (κ2) is 5.87. The summed E-state index contributed by atoms with van der Waals surface area (Å²) in [4.78, 5) is 21.6. The van der Waals surface area contributed by atoms with Gasteiger partial charge in [0.05, 0.1) is 4.92 Å². The van der Waals surface area contributed by atoms with Gasteiger partial charge in [-0.1, -0.05) is 0 Å². The molecule has 1 aliphatic carbocycles. The summed E-state index contributed by atoms with van der Waals surface area (Å²) in [5.41, 5.74) is 10.6. The molecule has 1 aromatic rings. The third kappa shape index (κ3) is 2.88. The van der Waals surface area contributed by atoms with Crippen molar-refractivity contribution in [1.82, 2.24) is 0 Å². The Morgan fingerprint density at radius 2 is 2.20 bits per heavy atom. The number of nitro groups is 1. The predicted octanol–water partition coefficient (Wildman–Crippen LogP) is 1.20. The quantitative estimate of drug-likeness (QED) is 0.619. The van der Waals surface area contributed by atoms with E-state index in [-0.39, 0.29) is 29.0 Å². The number of nitrogens with zero attached hydrogens (tertiary/aromatic N) is 1. The van der Waals surface area contributed by atoms with Crippen LogP contribution in [0.25, 0.3) is 0 Å². The zero-order chi connectivity index (χ0) is 14.7. The fourth-order valence-electron chi connectivity index (χ4n) is 2.50. The van der Waals surface area contributed by atoms with Crippen molar-refractivity contribution in [2.24, 2.45) is 17.4 Å². The van der Waals surface area contributed by atoms with Crippen LogP contribution >= 0.6 is 0 Å². The van der Waals surface area contributed by atoms with Gasteiger partial charge in [0.1, 0.15) is 6.10 Å². The first kappa shape index (κ1) is 14.3. The molecular weight excluding hydrogens is 262 g/mol. The molecule has 0 aliphatic heterocycles. The lowest BCUT2D eigenvalue weighted by atomic mass is 10.1. The maximum atomic E-state index is 11.1. The van der Waals surface area contributed by atoms with Gasteiger partial charge in [0.25, 0.3) is 0 Å². The van der Waals surface area contributed by atoms with Gasteiger partial charge in [-0.3, -0.25) is 14.9 Å². The first-order valence-corrected chi connectivity index (χ1v) is 6.48. The Bertz CT molecular complexity index is 532. The van der Waals surface area contributed by atoms with Crippen molar-refractivity contribution in [2.75, 3.05) is 6.54 Å². The average molecular weight is 279 g/mol. The molecule has 0 heterocycles. The second-order valence-electron chi connectivity index (χ2n) is 4.89. The molecule has 4 N–H and O–H groups in total. The second-order valence-corrected chi connectivity index (χ2v) is 4.89. The van der Waals surface area contributed by atoms with Crippen LogP contribution in [0.15, 0.2) is 18.2 Å². The highest BCUT2D eigenvalue weighted by molar-refractivity contribution is 5.93.